The molecule has 102 valence electrons. The van der Waals surface area contributed by atoms with Crippen LogP contribution in [0.1, 0.15) is 26.5 Å². The van der Waals surface area contributed by atoms with E-state index >= 15 is 0 Å². The lowest BCUT2D eigenvalue weighted by Crippen LogP contribution is -2.05. The Morgan fingerprint density at radius 2 is 1.89 bits per heavy atom. The van der Waals surface area contributed by atoms with Crippen LogP contribution in [-0.2, 0) is 6.42 Å². The van der Waals surface area contributed by atoms with E-state index < -0.39 is 11.6 Å². The van der Waals surface area contributed by atoms with Crippen molar-refractivity contribution < 1.29 is 8.78 Å². The molecule has 2 rings (SSSR count). The third-order valence-corrected chi connectivity index (χ3v) is 2.90. The summed E-state index contributed by atoms with van der Waals surface area (Å²) in [7, 11) is 0. The van der Waals surface area contributed by atoms with Crippen LogP contribution in [0.3, 0.4) is 0 Å². The van der Waals surface area contributed by atoms with Crippen molar-refractivity contribution in [2.24, 2.45) is 5.92 Å². The summed E-state index contributed by atoms with van der Waals surface area (Å²) < 4.78 is 27.7. The van der Waals surface area contributed by atoms with Crippen molar-refractivity contribution in [3.63, 3.8) is 0 Å². The first-order valence-corrected chi connectivity index (χ1v) is 6.54. The van der Waals surface area contributed by atoms with Gasteiger partial charge in [0.1, 0.15) is 17.2 Å². The van der Waals surface area contributed by atoms with Gasteiger partial charge in [0.2, 0.25) is 0 Å². The Bertz CT molecular complexity index is 594. The number of halogens is 2. The van der Waals surface area contributed by atoms with Crippen molar-refractivity contribution in [2.45, 2.75) is 27.2 Å². The Morgan fingerprint density at radius 1 is 1.21 bits per heavy atom. The zero-order valence-corrected chi connectivity index (χ0v) is 11.4. The van der Waals surface area contributed by atoms with E-state index in [1.54, 1.807) is 0 Å². The Kier molecular flexibility index (Phi) is 3.98. The molecule has 0 aliphatic carbocycles. The van der Waals surface area contributed by atoms with Gasteiger partial charge in [-0.2, -0.15) is 0 Å². The first kappa shape index (κ1) is 13.7. The maximum atomic E-state index is 13.9. The highest BCUT2D eigenvalue weighted by Crippen LogP contribution is 2.28. The maximum Gasteiger partial charge on any atom is 0.149 e. The Hall–Kier alpha value is -1.71. The monoisotopic (exact) mass is 264 g/mol. The first-order valence-electron chi connectivity index (χ1n) is 6.54. The second-order valence-corrected chi connectivity index (χ2v) is 5.04. The van der Waals surface area contributed by atoms with Crippen molar-refractivity contribution in [3.8, 4) is 0 Å². The molecule has 4 heteroatoms. The fourth-order valence-electron chi connectivity index (χ4n) is 2.17. The molecule has 0 saturated heterocycles. The summed E-state index contributed by atoms with van der Waals surface area (Å²) in [5, 5.41) is 3.32. The normalized spacial score (nSPS) is 11.3. The van der Waals surface area contributed by atoms with E-state index in [-0.39, 0.29) is 10.9 Å². The number of hydrogen-bond acceptors (Lipinski definition) is 2. The number of hydrogen-bond donors (Lipinski definition) is 1. The van der Waals surface area contributed by atoms with Crippen LogP contribution in [0, 0.1) is 17.6 Å². The molecule has 0 amide bonds. The van der Waals surface area contributed by atoms with E-state index in [4.69, 9.17) is 0 Å². The van der Waals surface area contributed by atoms with Gasteiger partial charge >= 0.3 is 0 Å². The van der Waals surface area contributed by atoms with Gasteiger partial charge in [-0.1, -0.05) is 13.8 Å². The summed E-state index contributed by atoms with van der Waals surface area (Å²) in [4.78, 5) is 4.26. The Labute approximate surface area is 111 Å². The summed E-state index contributed by atoms with van der Waals surface area (Å²) in [6.07, 6.45) is 0.740. The van der Waals surface area contributed by atoms with Gasteiger partial charge in [0.15, 0.2) is 0 Å². The third kappa shape index (κ3) is 2.83. The second kappa shape index (κ2) is 5.51. The molecule has 1 aromatic carbocycles. The topological polar surface area (TPSA) is 24.9 Å². The molecule has 0 saturated carbocycles. The SMILES string of the molecule is CCNc1cc(CC(C)C)nc2c(F)ccc(F)c12. The molecule has 2 aromatic rings. The van der Waals surface area contributed by atoms with Gasteiger partial charge in [0.25, 0.3) is 0 Å². The minimum Gasteiger partial charge on any atom is -0.385 e. The fraction of sp³-hybridized carbons (Fsp3) is 0.400. The molecule has 1 aromatic heterocycles. The van der Waals surface area contributed by atoms with Crippen molar-refractivity contribution in [1.29, 1.82) is 0 Å². The van der Waals surface area contributed by atoms with Crippen LogP contribution in [-0.4, -0.2) is 11.5 Å². The lowest BCUT2D eigenvalue weighted by atomic mass is 10.0. The summed E-state index contributed by atoms with van der Waals surface area (Å²) in [5.74, 6) is -0.520. The van der Waals surface area contributed by atoms with E-state index in [2.05, 4.69) is 24.1 Å². The second-order valence-electron chi connectivity index (χ2n) is 5.04. The minimum absolute atomic E-state index is 0.106. The Morgan fingerprint density at radius 3 is 2.53 bits per heavy atom. The molecule has 0 radical (unpaired) electrons. The molecule has 0 unspecified atom stereocenters. The molecule has 1 N–H and O–H groups in total. The van der Waals surface area contributed by atoms with Gasteiger partial charge in [-0.15, -0.1) is 0 Å². The molecule has 0 aliphatic heterocycles. The van der Waals surface area contributed by atoms with Crippen LogP contribution in [0.4, 0.5) is 14.5 Å². The highest BCUT2D eigenvalue weighted by Gasteiger charge is 2.14. The van der Waals surface area contributed by atoms with Gasteiger partial charge in [0, 0.05) is 17.9 Å². The number of nitrogens with zero attached hydrogens (tertiary/aromatic N) is 1. The molecule has 0 atom stereocenters. The fourth-order valence-corrected chi connectivity index (χ4v) is 2.17. The van der Waals surface area contributed by atoms with Crippen LogP contribution < -0.4 is 5.32 Å². The Balaban J connectivity index is 2.68. The lowest BCUT2D eigenvalue weighted by molar-refractivity contribution is 0.611. The summed E-state index contributed by atoms with van der Waals surface area (Å²) in [6, 6.07) is 4.08. The molecule has 0 fully saturated rings. The lowest BCUT2D eigenvalue weighted by Gasteiger charge is -2.13. The van der Waals surface area contributed by atoms with Crippen molar-refractivity contribution in [3.05, 3.63) is 35.5 Å². The van der Waals surface area contributed by atoms with Crippen LogP contribution >= 0.6 is 0 Å². The van der Waals surface area contributed by atoms with Gasteiger partial charge in [-0.25, -0.2) is 13.8 Å². The first-order chi connectivity index (χ1) is 9.02. The zero-order valence-electron chi connectivity index (χ0n) is 11.4. The van der Waals surface area contributed by atoms with Crippen LogP contribution in [0.15, 0.2) is 18.2 Å². The average molecular weight is 264 g/mol. The number of anilines is 1. The molecule has 0 aliphatic rings. The van der Waals surface area contributed by atoms with E-state index in [9.17, 15) is 8.78 Å². The van der Waals surface area contributed by atoms with Crippen molar-refractivity contribution in [1.82, 2.24) is 4.98 Å². The van der Waals surface area contributed by atoms with Crippen LogP contribution in [0.5, 0.6) is 0 Å². The van der Waals surface area contributed by atoms with Gasteiger partial charge in [-0.3, -0.25) is 0 Å². The number of pyridine rings is 1. The van der Waals surface area contributed by atoms with Crippen molar-refractivity contribution in [2.75, 3.05) is 11.9 Å². The summed E-state index contributed by atoms with van der Waals surface area (Å²) >= 11 is 0. The predicted molar refractivity (Wildman–Crippen MR) is 74.4 cm³/mol. The highest BCUT2D eigenvalue weighted by atomic mass is 19.1. The smallest absolute Gasteiger partial charge is 0.149 e. The number of rotatable bonds is 4. The summed E-state index contributed by atoms with van der Waals surface area (Å²) in [5.41, 5.74) is 1.50. The van der Waals surface area contributed by atoms with E-state index in [0.717, 1.165) is 24.2 Å². The maximum absolute atomic E-state index is 13.9. The van der Waals surface area contributed by atoms with E-state index in [1.807, 2.05) is 13.0 Å². The minimum atomic E-state index is -0.485. The van der Waals surface area contributed by atoms with E-state index in [0.29, 0.717) is 18.2 Å². The van der Waals surface area contributed by atoms with Gasteiger partial charge in [0.05, 0.1) is 5.39 Å². The number of nitrogens with one attached hydrogen (secondary N) is 1. The predicted octanol–water partition coefficient (Wildman–Crippen LogP) is 4.14. The third-order valence-electron chi connectivity index (χ3n) is 2.90. The molecule has 2 nitrogen and oxygen atoms in total. The molecule has 19 heavy (non-hydrogen) atoms. The highest BCUT2D eigenvalue weighted by molar-refractivity contribution is 5.92. The van der Waals surface area contributed by atoms with Gasteiger partial charge < -0.3 is 5.32 Å². The quantitative estimate of drug-likeness (QED) is 0.897. The van der Waals surface area contributed by atoms with Crippen molar-refractivity contribution >= 4 is 16.6 Å². The number of fused-ring (bicyclic) bond motifs is 1. The van der Waals surface area contributed by atoms with Crippen LogP contribution in [0.25, 0.3) is 10.9 Å². The van der Waals surface area contributed by atoms with E-state index in [1.165, 1.54) is 0 Å². The van der Waals surface area contributed by atoms with Crippen LogP contribution in [0.2, 0.25) is 0 Å². The summed E-state index contributed by atoms with van der Waals surface area (Å²) in [6.45, 7) is 6.71. The molecule has 1 heterocycles. The standard InChI is InChI=1S/C15H18F2N2/c1-4-18-13-8-10(7-9(2)3)19-15-12(17)6-5-11(16)14(13)15/h5-6,8-9H,4,7H2,1-3H3,(H,18,19). The number of aromatic nitrogens is 1. The zero-order chi connectivity index (χ0) is 14.0. The molecule has 0 spiro atoms. The molecular weight excluding hydrogens is 246 g/mol. The molecule has 0 bridgehead atoms. The van der Waals surface area contributed by atoms with Gasteiger partial charge in [-0.05, 0) is 37.5 Å². The number of benzene rings is 1. The largest absolute Gasteiger partial charge is 0.385 e. The molecular formula is C15H18F2N2. The average Bonchev–Trinajstić information content (AvgIpc) is 2.33.